The van der Waals surface area contributed by atoms with Gasteiger partial charge in [-0.15, -0.1) is 0 Å². The zero-order valence-electron chi connectivity index (χ0n) is 13.7. The average molecular weight is 381 g/mol. The Balaban J connectivity index is 2.05. The van der Waals surface area contributed by atoms with E-state index < -0.39 is 5.97 Å². The zero-order chi connectivity index (χ0) is 18.2. The van der Waals surface area contributed by atoms with Gasteiger partial charge < -0.3 is 10.1 Å². The summed E-state index contributed by atoms with van der Waals surface area (Å²) in [4.78, 5) is 25.6. The minimum atomic E-state index is -0.428. The van der Waals surface area contributed by atoms with E-state index in [0.717, 1.165) is 5.56 Å². The van der Waals surface area contributed by atoms with Crippen molar-refractivity contribution >= 4 is 40.8 Å². The Labute approximate surface area is 156 Å². The summed E-state index contributed by atoms with van der Waals surface area (Å²) in [5, 5.41) is 3.86. The van der Waals surface area contributed by atoms with Crippen molar-refractivity contribution in [1.82, 2.24) is 4.90 Å². The van der Waals surface area contributed by atoms with Crippen molar-refractivity contribution in [3.8, 4) is 0 Å². The molecule has 7 heteroatoms. The third kappa shape index (κ3) is 6.38. The van der Waals surface area contributed by atoms with E-state index in [1.165, 1.54) is 7.11 Å². The summed E-state index contributed by atoms with van der Waals surface area (Å²) in [6.45, 7) is 0.329. The minimum Gasteiger partial charge on any atom is -0.468 e. The number of hydrogen-bond acceptors (Lipinski definition) is 4. The number of rotatable bonds is 7. The van der Waals surface area contributed by atoms with Gasteiger partial charge in [-0.1, -0.05) is 47.5 Å². The third-order valence-corrected chi connectivity index (χ3v) is 4.01. The van der Waals surface area contributed by atoms with Crippen molar-refractivity contribution in [1.29, 1.82) is 0 Å². The molecular formula is C18H18Cl2N2O3. The molecule has 0 aliphatic carbocycles. The van der Waals surface area contributed by atoms with Crippen LogP contribution in [-0.2, 0) is 20.9 Å². The number of benzene rings is 2. The molecule has 0 unspecified atom stereocenters. The molecule has 132 valence electrons. The highest BCUT2D eigenvalue weighted by molar-refractivity contribution is 6.31. The van der Waals surface area contributed by atoms with Crippen LogP contribution in [0.25, 0.3) is 0 Å². The molecule has 0 spiro atoms. The van der Waals surface area contributed by atoms with Gasteiger partial charge in [0.1, 0.15) is 0 Å². The van der Waals surface area contributed by atoms with Crippen molar-refractivity contribution < 1.29 is 14.3 Å². The van der Waals surface area contributed by atoms with Gasteiger partial charge in [-0.2, -0.15) is 0 Å². The van der Waals surface area contributed by atoms with Gasteiger partial charge >= 0.3 is 5.97 Å². The molecule has 0 bridgehead atoms. The predicted molar refractivity (Wildman–Crippen MR) is 98.8 cm³/mol. The van der Waals surface area contributed by atoms with E-state index in [9.17, 15) is 9.59 Å². The molecule has 0 atom stereocenters. The Morgan fingerprint density at radius 3 is 2.52 bits per heavy atom. The van der Waals surface area contributed by atoms with E-state index in [1.54, 1.807) is 35.2 Å². The fourth-order valence-corrected chi connectivity index (χ4v) is 2.64. The quantitative estimate of drug-likeness (QED) is 0.745. The SMILES string of the molecule is COC(=O)CN(CC(=O)Nc1cccc(Cl)c1)Cc1ccccc1Cl. The van der Waals surface area contributed by atoms with Crippen LogP contribution in [0.2, 0.25) is 10.0 Å². The molecule has 25 heavy (non-hydrogen) atoms. The molecule has 2 aromatic rings. The maximum Gasteiger partial charge on any atom is 0.319 e. The van der Waals surface area contributed by atoms with Crippen LogP contribution in [0.3, 0.4) is 0 Å². The van der Waals surface area contributed by atoms with Gasteiger partial charge in [-0.3, -0.25) is 14.5 Å². The molecule has 1 N–H and O–H groups in total. The number of esters is 1. The third-order valence-electron chi connectivity index (χ3n) is 3.41. The highest BCUT2D eigenvalue weighted by atomic mass is 35.5. The van der Waals surface area contributed by atoms with Crippen LogP contribution in [0.4, 0.5) is 5.69 Å². The molecule has 2 rings (SSSR count). The number of nitrogens with zero attached hydrogens (tertiary/aromatic N) is 1. The first kappa shape index (κ1) is 19.2. The number of carbonyl (C=O) groups excluding carboxylic acids is 2. The summed E-state index contributed by atoms with van der Waals surface area (Å²) < 4.78 is 4.70. The van der Waals surface area contributed by atoms with E-state index in [-0.39, 0.29) is 19.0 Å². The van der Waals surface area contributed by atoms with E-state index in [1.807, 2.05) is 18.2 Å². The average Bonchev–Trinajstić information content (AvgIpc) is 2.56. The minimum absolute atomic E-state index is 0.00678. The van der Waals surface area contributed by atoms with Crippen LogP contribution >= 0.6 is 23.2 Å². The molecule has 0 radical (unpaired) electrons. The number of anilines is 1. The van der Waals surface area contributed by atoms with Crippen LogP contribution in [0.1, 0.15) is 5.56 Å². The largest absolute Gasteiger partial charge is 0.468 e. The van der Waals surface area contributed by atoms with Crippen LogP contribution in [0, 0.1) is 0 Å². The first-order valence-corrected chi connectivity index (χ1v) is 8.31. The molecule has 0 heterocycles. The first-order valence-electron chi connectivity index (χ1n) is 7.56. The first-order chi connectivity index (χ1) is 12.0. The van der Waals surface area contributed by atoms with E-state index >= 15 is 0 Å². The van der Waals surface area contributed by atoms with Crippen molar-refractivity contribution in [3.63, 3.8) is 0 Å². The molecular weight excluding hydrogens is 363 g/mol. The Kier molecular flexibility index (Phi) is 7.25. The molecule has 0 saturated heterocycles. The molecule has 0 aliphatic heterocycles. The van der Waals surface area contributed by atoms with Gasteiger partial charge in [0.15, 0.2) is 0 Å². The summed E-state index contributed by atoms with van der Waals surface area (Å²) in [5.74, 6) is -0.694. The van der Waals surface area contributed by atoms with E-state index in [0.29, 0.717) is 22.3 Å². The Bertz CT molecular complexity index is 753. The smallest absolute Gasteiger partial charge is 0.319 e. The Hall–Kier alpha value is -2.08. The molecule has 0 aromatic heterocycles. The lowest BCUT2D eigenvalue weighted by atomic mass is 10.2. The second-order valence-electron chi connectivity index (χ2n) is 5.37. The number of halogens is 2. The number of carbonyl (C=O) groups is 2. The van der Waals surface area contributed by atoms with Crippen molar-refractivity contribution in [3.05, 3.63) is 64.1 Å². The second-order valence-corrected chi connectivity index (χ2v) is 6.21. The number of amides is 1. The monoisotopic (exact) mass is 380 g/mol. The van der Waals surface area contributed by atoms with Gasteiger partial charge in [-0.25, -0.2) is 0 Å². The maximum absolute atomic E-state index is 12.3. The highest BCUT2D eigenvalue weighted by Crippen LogP contribution is 2.18. The lowest BCUT2D eigenvalue weighted by Crippen LogP contribution is -2.37. The van der Waals surface area contributed by atoms with Gasteiger partial charge in [-0.05, 0) is 29.8 Å². The lowest BCUT2D eigenvalue weighted by Gasteiger charge is -2.21. The fourth-order valence-electron chi connectivity index (χ4n) is 2.25. The van der Waals surface area contributed by atoms with Crippen molar-refractivity contribution in [2.24, 2.45) is 0 Å². The topological polar surface area (TPSA) is 58.6 Å². The van der Waals surface area contributed by atoms with Gasteiger partial charge in [0.2, 0.25) is 5.91 Å². The maximum atomic E-state index is 12.3. The summed E-state index contributed by atoms with van der Waals surface area (Å²) in [5.41, 5.74) is 1.41. The molecule has 0 aliphatic rings. The second kappa shape index (κ2) is 9.42. The number of hydrogen-bond donors (Lipinski definition) is 1. The Morgan fingerprint density at radius 1 is 1.08 bits per heavy atom. The highest BCUT2D eigenvalue weighted by Gasteiger charge is 2.17. The predicted octanol–water partition coefficient (Wildman–Crippen LogP) is 3.61. The lowest BCUT2D eigenvalue weighted by molar-refractivity contribution is -0.142. The summed E-state index contributed by atoms with van der Waals surface area (Å²) >= 11 is 12.1. The van der Waals surface area contributed by atoms with Gasteiger partial charge in [0, 0.05) is 22.3 Å². The molecule has 1 amide bonds. The normalized spacial score (nSPS) is 10.6. The van der Waals surface area contributed by atoms with Crippen LogP contribution in [0.5, 0.6) is 0 Å². The number of ether oxygens (including phenoxy) is 1. The fraction of sp³-hybridized carbons (Fsp3) is 0.222. The Morgan fingerprint density at radius 2 is 1.84 bits per heavy atom. The number of nitrogens with one attached hydrogen (secondary N) is 1. The van der Waals surface area contributed by atoms with Gasteiger partial charge in [0.25, 0.3) is 0 Å². The van der Waals surface area contributed by atoms with Gasteiger partial charge in [0.05, 0.1) is 20.2 Å². The zero-order valence-corrected chi connectivity index (χ0v) is 15.2. The number of methoxy groups -OCH3 is 1. The van der Waals surface area contributed by atoms with Crippen molar-refractivity contribution in [2.45, 2.75) is 6.54 Å². The van der Waals surface area contributed by atoms with Crippen LogP contribution in [0.15, 0.2) is 48.5 Å². The molecule has 2 aromatic carbocycles. The standard InChI is InChI=1S/C18H18Cl2N2O3/c1-25-18(24)12-22(10-13-5-2-3-8-16(13)20)11-17(23)21-15-7-4-6-14(19)9-15/h2-9H,10-12H2,1H3,(H,21,23). The summed E-state index contributed by atoms with van der Waals surface area (Å²) in [6, 6.07) is 14.1. The molecule has 0 saturated carbocycles. The van der Waals surface area contributed by atoms with Crippen molar-refractivity contribution in [2.75, 3.05) is 25.5 Å². The molecule has 5 nitrogen and oxygen atoms in total. The van der Waals surface area contributed by atoms with Crippen LogP contribution in [-0.4, -0.2) is 37.0 Å². The summed E-state index contributed by atoms with van der Waals surface area (Å²) in [7, 11) is 1.31. The van der Waals surface area contributed by atoms with E-state index in [2.05, 4.69) is 5.32 Å². The van der Waals surface area contributed by atoms with Crippen LogP contribution < -0.4 is 5.32 Å². The molecule has 0 fully saturated rings. The summed E-state index contributed by atoms with van der Waals surface area (Å²) in [6.07, 6.45) is 0. The van der Waals surface area contributed by atoms with E-state index in [4.69, 9.17) is 27.9 Å².